The molecule has 0 unspecified atom stereocenters. The lowest BCUT2D eigenvalue weighted by molar-refractivity contribution is -0.119. The molecule has 4 nitrogen and oxygen atoms in total. The van der Waals surface area contributed by atoms with Crippen LogP contribution in [0.3, 0.4) is 0 Å². The van der Waals surface area contributed by atoms with E-state index in [1.54, 1.807) is 7.11 Å². The summed E-state index contributed by atoms with van der Waals surface area (Å²) in [5.74, 6) is 0.801. The molecule has 0 heterocycles. The quantitative estimate of drug-likeness (QED) is 0.826. The highest BCUT2D eigenvalue weighted by Crippen LogP contribution is 2.27. The molecule has 3 N–H and O–H groups in total. The molecule has 0 aliphatic rings. The van der Waals surface area contributed by atoms with Crippen LogP contribution in [0.4, 0.5) is 0 Å². The van der Waals surface area contributed by atoms with E-state index in [2.05, 4.69) is 26.1 Å². The summed E-state index contributed by atoms with van der Waals surface area (Å²) >= 11 is 0. The zero-order chi connectivity index (χ0) is 13.7. The molecule has 0 spiro atoms. The van der Waals surface area contributed by atoms with Crippen LogP contribution in [0.15, 0.2) is 6.07 Å². The van der Waals surface area contributed by atoms with Gasteiger partial charge in [0.2, 0.25) is 5.91 Å². The van der Waals surface area contributed by atoms with Crippen LogP contribution in [0, 0.1) is 20.8 Å². The van der Waals surface area contributed by atoms with Gasteiger partial charge in [-0.25, -0.2) is 0 Å². The van der Waals surface area contributed by atoms with Crippen LogP contribution in [-0.2, 0) is 11.2 Å². The van der Waals surface area contributed by atoms with E-state index in [9.17, 15) is 4.79 Å². The lowest BCUT2D eigenvalue weighted by atomic mass is 9.95. The first-order chi connectivity index (χ1) is 8.51. The molecule has 0 atom stereocenters. The average molecular weight is 250 g/mol. The molecule has 0 aromatic heterocycles. The van der Waals surface area contributed by atoms with Crippen molar-refractivity contribution in [1.82, 2.24) is 5.32 Å². The number of nitrogens with two attached hydrogens (primary N) is 1. The SMILES string of the molecule is COc1cc(C)c(CCNC(=O)CN)c(C)c1C. The van der Waals surface area contributed by atoms with E-state index in [1.807, 2.05) is 6.07 Å². The summed E-state index contributed by atoms with van der Waals surface area (Å²) in [5, 5.41) is 2.79. The van der Waals surface area contributed by atoms with Crippen molar-refractivity contribution in [3.8, 4) is 5.75 Å². The molecule has 1 aromatic carbocycles. The van der Waals surface area contributed by atoms with Gasteiger partial charge in [-0.3, -0.25) is 4.79 Å². The van der Waals surface area contributed by atoms with Crippen LogP contribution in [0.25, 0.3) is 0 Å². The highest BCUT2D eigenvalue weighted by molar-refractivity contribution is 5.77. The fourth-order valence-corrected chi connectivity index (χ4v) is 2.09. The minimum Gasteiger partial charge on any atom is -0.496 e. The summed E-state index contributed by atoms with van der Waals surface area (Å²) in [5.41, 5.74) is 10.1. The monoisotopic (exact) mass is 250 g/mol. The third-order valence-electron chi connectivity index (χ3n) is 3.31. The van der Waals surface area contributed by atoms with Crippen molar-refractivity contribution in [1.29, 1.82) is 0 Å². The van der Waals surface area contributed by atoms with Crippen molar-refractivity contribution < 1.29 is 9.53 Å². The van der Waals surface area contributed by atoms with E-state index in [0.717, 1.165) is 17.7 Å². The van der Waals surface area contributed by atoms with Crippen molar-refractivity contribution >= 4 is 5.91 Å². The van der Waals surface area contributed by atoms with Crippen LogP contribution >= 0.6 is 0 Å². The van der Waals surface area contributed by atoms with Crippen molar-refractivity contribution in [2.24, 2.45) is 5.73 Å². The number of rotatable bonds is 5. The van der Waals surface area contributed by atoms with E-state index in [4.69, 9.17) is 10.5 Å². The van der Waals surface area contributed by atoms with Gasteiger partial charge in [0.25, 0.3) is 0 Å². The first-order valence-electron chi connectivity index (χ1n) is 6.11. The van der Waals surface area contributed by atoms with E-state index in [0.29, 0.717) is 6.54 Å². The highest BCUT2D eigenvalue weighted by atomic mass is 16.5. The van der Waals surface area contributed by atoms with Gasteiger partial charge >= 0.3 is 0 Å². The lowest BCUT2D eigenvalue weighted by Crippen LogP contribution is -2.31. The van der Waals surface area contributed by atoms with Crippen LogP contribution in [0.2, 0.25) is 0 Å². The minimum atomic E-state index is -0.115. The third-order valence-corrected chi connectivity index (χ3v) is 3.31. The van der Waals surface area contributed by atoms with Gasteiger partial charge in [0.05, 0.1) is 13.7 Å². The van der Waals surface area contributed by atoms with Crippen LogP contribution < -0.4 is 15.8 Å². The van der Waals surface area contributed by atoms with Gasteiger partial charge in [-0.2, -0.15) is 0 Å². The van der Waals surface area contributed by atoms with E-state index in [1.165, 1.54) is 16.7 Å². The lowest BCUT2D eigenvalue weighted by Gasteiger charge is -2.16. The zero-order valence-electron chi connectivity index (χ0n) is 11.6. The minimum absolute atomic E-state index is 0.0413. The maximum Gasteiger partial charge on any atom is 0.233 e. The Labute approximate surface area is 109 Å². The van der Waals surface area contributed by atoms with Gasteiger partial charge in [-0.1, -0.05) is 0 Å². The molecule has 1 rings (SSSR count). The third kappa shape index (κ3) is 3.23. The highest BCUT2D eigenvalue weighted by Gasteiger charge is 2.10. The molecule has 0 saturated heterocycles. The van der Waals surface area contributed by atoms with Crippen LogP contribution in [0.5, 0.6) is 5.75 Å². The number of amides is 1. The Balaban J connectivity index is 2.83. The number of ether oxygens (including phenoxy) is 1. The number of aryl methyl sites for hydroxylation is 1. The summed E-state index contributed by atoms with van der Waals surface area (Å²) < 4.78 is 5.34. The predicted octanol–water partition coefficient (Wildman–Crippen LogP) is 1.24. The maximum absolute atomic E-state index is 11.1. The second-order valence-corrected chi connectivity index (χ2v) is 4.43. The largest absolute Gasteiger partial charge is 0.496 e. The summed E-state index contributed by atoms with van der Waals surface area (Å²) in [4.78, 5) is 11.1. The van der Waals surface area contributed by atoms with E-state index >= 15 is 0 Å². The number of methoxy groups -OCH3 is 1. The Morgan fingerprint density at radius 1 is 1.33 bits per heavy atom. The van der Waals surface area contributed by atoms with Crippen molar-refractivity contribution in [2.45, 2.75) is 27.2 Å². The molecule has 0 bridgehead atoms. The smallest absolute Gasteiger partial charge is 0.233 e. The molecule has 1 aromatic rings. The van der Waals surface area contributed by atoms with Crippen LogP contribution in [-0.4, -0.2) is 26.1 Å². The Hall–Kier alpha value is -1.55. The number of carbonyl (C=O) groups excluding carboxylic acids is 1. The molecule has 0 aliphatic heterocycles. The summed E-state index contributed by atoms with van der Waals surface area (Å²) in [6.07, 6.45) is 0.814. The van der Waals surface area contributed by atoms with Crippen molar-refractivity contribution in [2.75, 3.05) is 20.2 Å². The van der Waals surface area contributed by atoms with Crippen LogP contribution in [0.1, 0.15) is 22.3 Å². The van der Waals surface area contributed by atoms with Gasteiger partial charge in [0, 0.05) is 6.54 Å². The summed E-state index contributed by atoms with van der Waals surface area (Å²) in [6, 6.07) is 2.04. The molecule has 0 fully saturated rings. The Kier molecular flexibility index (Phi) is 5.16. The predicted molar refractivity (Wildman–Crippen MR) is 73.0 cm³/mol. The maximum atomic E-state index is 11.1. The number of hydrogen-bond donors (Lipinski definition) is 2. The summed E-state index contributed by atoms with van der Waals surface area (Å²) in [6.45, 7) is 6.86. The fraction of sp³-hybridized carbons (Fsp3) is 0.500. The molecular weight excluding hydrogens is 228 g/mol. The topological polar surface area (TPSA) is 64.3 Å². The molecular formula is C14H22N2O2. The van der Waals surface area contributed by atoms with Crippen molar-refractivity contribution in [3.63, 3.8) is 0 Å². The first kappa shape index (κ1) is 14.5. The number of carbonyl (C=O) groups is 1. The Bertz CT molecular complexity index is 442. The van der Waals surface area contributed by atoms with Gasteiger partial charge < -0.3 is 15.8 Å². The number of nitrogens with one attached hydrogen (secondary N) is 1. The second kappa shape index (κ2) is 6.40. The molecule has 0 radical (unpaired) electrons. The van der Waals surface area contributed by atoms with E-state index < -0.39 is 0 Å². The van der Waals surface area contributed by atoms with Gasteiger partial charge in [0.1, 0.15) is 5.75 Å². The molecule has 0 saturated carbocycles. The Morgan fingerprint density at radius 2 is 2.00 bits per heavy atom. The molecule has 0 aliphatic carbocycles. The second-order valence-electron chi connectivity index (χ2n) is 4.43. The van der Waals surface area contributed by atoms with Crippen molar-refractivity contribution in [3.05, 3.63) is 28.3 Å². The Morgan fingerprint density at radius 3 is 2.56 bits per heavy atom. The molecule has 4 heteroatoms. The fourth-order valence-electron chi connectivity index (χ4n) is 2.09. The van der Waals surface area contributed by atoms with E-state index in [-0.39, 0.29) is 12.5 Å². The molecule has 1 amide bonds. The number of benzene rings is 1. The van der Waals surface area contributed by atoms with Gasteiger partial charge in [-0.05, 0) is 55.5 Å². The van der Waals surface area contributed by atoms with Gasteiger partial charge in [0.15, 0.2) is 0 Å². The average Bonchev–Trinajstić information content (AvgIpc) is 2.37. The standard InChI is InChI=1S/C14H22N2O2/c1-9-7-13(18-4)11(3)10(2)12(9)5-6-16-14(17)8-15/h7H,5-6,8,15H2,1-4H3,(H,16,17). The molecule has 18 heavy (non-hydrogen) atoms. The number of hydrogen-bond acceptors (Lipinski definition) is 3. The summed E-state index contributed by atoms with van der Waals surface area (Å²) in [7, 11) is 1.68. The first-order valence-corrected chi connectivity index (χ1v) is 6.11. The van der Waals surface area contributed by atoms with Gasteiger partial charge in [-0.15, -0.1) is 0 Å². The zero-order valence-corrected chi connectivity index (χ0v) is 11.6. The normalized spacial score (nSPS) is 10.3. The molecule has 100 valence electrons.